The largest absolute Gasteiger partial charge is 0.465 e. The van der Waals surface area contributed by atoms with Crippen molar-refractivity contribution in [2.45, 2.75) is 4.90 Å². The second-order valence-corrected chi connectivity index (χ2v) is 4.83. The van der Waals surface area contributed by atoms with Gasteiger partial charge in [-0.25, -0.2) is 4.79 Å². The molecule has 2 aromatic carbocycles. The molecule has 0 aliphatic heterocycles. The third kappa shape index (κ3) is 4.00. The molecule has 0 saturated carbocycles. The Kier molecular flexibility index (Phi) is 4.81. The molecule has 0 heterocycles. The zero-order valence-electron chi connectivity index (χ0n) is 10.6. The van der Waals surface area contributed by atoms with Gasteiger partial charge in [-0.3, -0.25) is 0 Å². The molecule has 0 amide bonds. The Hall–Kier alpha value is -2.00. The number of esters is 1. The molecule has 0 unspecified atom stereocenters. The van der Waals surface area contributed by atoms with Gasteiger partial charge in [-0.05, 0) is 41.3 Å². The van der Waals surface area contributed by atoms with E-state index in [1.54, 1.807) is 23.9 Å². The first-order valence-corrected chi connectivity index (χ1v) is 6.74. The Morgan fingerprint density at radius 3 is 2.37 bits per heavy atom. The topological polar surface area (TPSA) is 26.3 Å². The molecule has 0 fully saturated rings. The molecular formula is C16H14O2S. The Balaban J connectivity index is 1.97. The lowest BCUT2D eigenvalue weighted by Gasteiger charge is -2.00. The molecule has 2 nitrogen and oxygen atoms in total. The van der Waals surface area contributed by atoms with Gasteiger partial charge in [0, 0.05) is 4.90 Å². The highest BCUT2D eigenvalue weighted by Crippen LogP contribution is 2.21. The zero-order chi connectivity index (χ0) is 13.5. The fourth-order valence-electron chi connectivity index (χ4n) is 1.54. The Morgan fingerprint density at radius 1 is 1.05 bits per heavy atom. The second-order valence-electron chi connectivity index (χ2n) is 3.85. The zero-order valence-corrected chi connectivity index (χ0v) is 11.4. The van der Waals surface area contributed by atoms with Gasteiger partial charge in [-0.1, -0.05) is 42.1 Å². The summed E-state index contributed by atoms with van der Waals surface area (Å²) in [6, 6.07) is 17.5. The van der Waals surface area contributed by atoms with Crippen LogP contribution < -0.4 is 0 Å². The van der Waals surface area contributed by atoms with E-state index < -0.39 is 0 Å². The van der Waals surface area contributed by atoms with Crippen LogP contribution in [0.3, 0.4) is 0 Å². The van der Waals surface area contributed by atoms with Crippen molar-refractivity contribution < 1.29 is 9.53 Å². The summed E-state index contributed by atoms with van der Waals surface area (Å²) in [6.45, 7) is 0. The first-order chi connectivity index (χ1) is 9.29. The first kappa shape index (κ1) is 13.4. The van der Waals surface area contributed by atoms with E-state index in [9.17, 15) is 4.79 Å². The van der Waals surface area contributed by atoms with Crippen molar-refractivity contribution in [3.05, 3.63) is 71.1 Å². The maximum absolute atomic E-state index is 11.3. The summed E-state index contributed by atoms with van der Waals surface area (Å²) in [6.07, 6.45) is 2.05. The van der Waals surface area contributed by atoms with Gasteiger partial charge in [0.1, 0.15) is 0 Å². The molecule has 3 heteroatoms. The molecule has 19 heavy (non-hydrogen) atoms. The highest BCUT2D eigenvalue weighted by atomic mass is 32.2. The lowest BCUT2D eigenvalue weighted by atomic mass is 10.2. The van der Waals surface area contributed by atoms with Crippen LogP contribution >= 0.6 is 11.8 Å². The highest BCUT2D eigenvalue weighted by molar-refractivity contribution is 8.02. The van der Waals surface area contributed by atoms with Crippen molar-refractivity contribution in [3.63, 3.8) is 0 Å². The molecule has 0 spiro atoms. The van der Waals surface area contributed by atoms with E-state index in [1.165, 1.54) is 12.7 Å². The summed E-state index contributed by atoms with van der Waals surface area (Å²) in [4.78, 5) is 12.4. The Labute approximate surface area is 117 Å². The maximum Gasteiger partial charge on any atom is 0.337 e. The van der Waals surface area contributed by atoms with Crippen LogP contribution in [0.25, 0.3) is 6.08 Å². The van der Waals surface area contributed by atoms with Crippen LogP contribution in [-0.2, 0) is 4.74 Å². The Morgan fingerprint density at radius 2 is 1.74 bits per heavy atom. The number of carbonyl (C=O) groups is 1. The molecule has 2 aromatic rings. The van der Waals surface area contributed by atoms with Crippen LogP contribution in [0.2, 0.25) is 0 Å². The van der Waals surface area contributed by atoms with Gasteiger partial charge in [0.15, 0.2) is 0 Å². The van der Waals surface area contributed by atoms with Crippen LogP contribution in [-0.4, -0.2) is 13.1 Å². The summed E-state index contributed by atoms with van der Waals surface area (Å²) < 4.78 is 4.66. The summed E-state index contributed by atoms with van der Waals surface area (Å²) in [7, 11) is 1.38. The average Bonchev–Trinajstić information content (AvgIpc) is 2.48. The normalized spacial score (nSPS) is 10.6. The van der Waals surface area contributed by atoms with E-state index in [0.29, 0.717) is 5.56 Å². The van der Waals surface area contributed by atoms with Gasteiger partial charge in [0.25, 0.3) is 0 Å². The number of rotatable bonds is 4. The first-order valence-electron chi connectivity index (χ1n) is 5.86. The summed E-state index contributed by atoms with van der Waals surface area (Å²) >= 11 is 1.61. The van der Waals surface area contributed by atoms with Crippen LogP contribution in [0.4, 0.5) is 0 Å². The second kappa shape index (κ2) is 6.81. The van der Waals surface area contributed by atoms with Crippen molar-refractivity contribution in [1.29, 1.82) is 0 Å². The molecule has 0 bridgehead atoms. The number of benzene rings is 2. The number of ether oxygens (including phenoxy) is 1. The van der Waals surface area contributed by atoms with Crippen molar-refractivity contribution in [3.8, 4) is 0 Å². The molecule has 0 N–H and O–H groups in total. The van der Waals surface area contributed by atoms with Gasteiger partial charge in [-0.2, -0.15) is 0 Å². The standard InChI is InChI=1S/C16H14O2S/c1-18-16(17)14-7-9-15(10-8-14)19-12-11-13-5-3-2-4-6-13/h2-12H,1H3/b12-11+. The van der Waals surface area contributed by atoms with Crippen molar-refractivity contribution in [2.24, 2.45) is 0 Å². The minimum atomic E-state index is -0.309. The number of carbonyl (C=O) groups excluding carboxylic acids is 1. The fourth-order valence-corrected chi connectivity index (χ4v) is 2.22. The van der Waals surface area contributed by atoms with E-state index in [4.69, 9.17) is 0 Å². The summed E-state index contributed by atoms with van der Waals surface area (Å²) in [5, 5.41) is 2.03. The predicted molar refractivity (Wildman–Crippen MR) is 79.1 cm³/mol. The van der Waals surface area contributed by atoms with Crippen molar-refractivity contribution in [2.75, 3.05) is 7.11 Å². The van der Waals surface area contributed by atoms with Gasteiger partial charge >= 0.3 is 5.97 Å². The number of hydrogen-bond donors (Lipinski definition) is 0. The Bertz CT molecular complexity index is 559. The quantitative estimate of drug-likeness (QED) is 0.614. The predicted octanol–water partition coefficient (Wildman–Crippen LogP) is 4.24. The van der Waals surface area contributed by atoms with Crippen LogP contribution in [0.5, 0.6) is 0 Å². The van der Waals surface area contributed by atoms with E-state index in [0.717, 1.165) is 4.90 Å². The molecule has 0 saturated heterocycles. The number of hydrogen-bond acceptors (Lipinski definition) is 3. The molecule has 0 aliphatic carbocycles. The smallest absolute Gasteiger partial charge is 0.337 e. The SMILES string of the molecule is COC(=O)c1ccc(S/C=C/c2ccccc2)cc1. The average molecular weight is 270 g/mol. The molecular weight excluding hydrogens is 256 g/mol. The van der Waals surface area contributed by atoms with Gasteiger partial charge < -0.3 is 4.74 Å². The molecule has 0 radical (unpaired) electrons. The summed E-state index contributed by atoms with van der Waals surface area (Å²) in [5.41, 5.74) is 1.74. The molecule has 2 rings (SSSR count). The molecule has 0 aromatic heterocycles. The fraction of sp³-hybridized carbons (Fsp3) is 0.0625. The van der Waals surface area contributed by atoms with Gasteiger partial charge in [0.2, 0.25) is 0 Å². The molecule has 96 valence electrons. The third-order valence-electron chi connectivity index (χ3n) is 2.54. The lowest BCUT2D eigenvalue weighted by molar-refractivity contribution is 0.0600. The van der Waals surface area contributed by atoms with Gasteiger partial charge in [0.05, 0.1) is 12.7 Å². The number of methoxy groups -OCH3 is 1. The van der Waals surface area contributed by atoms with Crippen molar-refractivity contribution in [1.82, 2.24) is 0 Å². The van der Waals surface area contributed by atoms with E-state index in [-0.39, 0.29) is 5.97 Å². The third-order valence-corrected chi connectivity index (χ3v) is 3.36. The summed E-state index contributed by atoms with van der Waals surface area (Å²) in [5.74, 6) is -0.309. The molecule has 0 atom stereocenters. The lowest BCUT2D eigenvalue weighted by Crippen LogP contribution is -1.99. The van der Waals surface area contributed by atoms with E-state index in [1.807, 2.05) is 35.7 Å². The van der Waals surface area contributed by atoms with Crippen LogP contribution in [0.1, 0.15) is 15.9 Å². The number of thioether (sulfide) groups is 1. The maximum atomic E-state index is 11.3. The van der Waals surface area contributed by atoms with Crippen LogP contribution in [0, 0.1) is 0 Å². The highest BCUT2D eigenvalue weighted by Gasteiger charge is 2.03. The van der Waals surface area contributed by atoms with Crippen LogP contribution in [0.15, 0.2) is 64.9 Å². The van der Waals surface area contributed by atoms with Crippen molar-refractivity contribution >= 4 is 23.8 Å². The minimum absolute atomic E-state index is 0.309. The van der Waals surface area contributed by atoms with E-state index >= 15 is 0 Å². The van der Waals surface area contributed by atoms with E-state index in [2.05, 4.69) is 22.9 Å². The minimum Gasteiger partial charge on any atom is -0.465 e. The monoisotopic (exact) mass is 270 g/mol. The van der Waals surface area contributed by atoms with Gasteiger partial charge in [-0.15, -0.1) is 0 Å². The molecule has 0 aliphatic rings.